The Hall–Kier alpha value is -0.910. The van der Waals surface area contributed by atoms with Crippen molar-refractivity contribution in [1.29, 1.82) is 0 Å². The number of unbranched alkanes of at least 4 members (excludes halogenated alkanes) is 30. The molecule has 0 aromatic heterocycles. The van der Waals surface area contributed by atoms with Gasteiger partial charge >= 0.3 is 0 Å². The zero-order chi connectivity index (χ0) is 35.9. The standard InChI is InChI=1S/C44H87NO4/c1-3-5-7-9-11-13-15-17-19-20-21-22-23-25-27-29-31-33-35-37-39-43(48)45-41(40-46)44(49)42(47)38-36-34-32-30-28-26-24-18-16-14-12-10-8-6-4-2/h30,32,41-42,44,46-47,49H,3-29,31,33-40H2,1-2H3,(H,45,48)/b32-30+. The van der Waals surface area contributed by atoms with E-state index in [2.05, 4.69) is 31.3 Å². The SMILES string of the molecule is CCCCCCCCCCCC/C=C/CCCC(O)C(O)C(CO)NC(=O)CCCCCCCCCCCCCCCCCCCCCC. The number of hydrogen-bond acceptors (Lipinski definition) is 4. The van der Waals surface area contributed by atoms with Gasteiger partial charge in [-0.1, -0.05) is 206 Å². The summed E-state index contributed by atoms with van der Waals surface area (Å²) in [7, 11) is 0. The molecule has 0 saturated heterocycles. The van der Waals surface area contributed by atoms with Crippen LogP contribution in [-0.4, -0.2) is 46.1 Å². The van der Waals surface area contributed by atoms with Gasteiger partial charge in [0, 0.05) is 6.42 Å². The van der Waals surface area contributed by atoms with Gasteiger partial charge in [-0.3, -0.25) is 4.79 Å². The van der Waals surface area contributed by atoms with E-state index in [0.717, 1.165) is 38.5 Å². The van der Waals surface area contributed by atoms with Crippen molar-refractivity contribution in [3.63, 3.8) is 0 Å². The van der Waals surface area contributed by atoms with Crippen molar-refractivity contribution in [3.8, 4) is 0 Å². The molecule has 0 aliphatic rings. The van der Waals surface area contributed by atoms with Gasteiger partial charge in [0.25, 0.3) is 0 Å². The molecule has 0 aromatic carbocycles. The Kier molecular flexibility index (Phi) is 39.1. The minimum atomic E-state index is -1.15. The average Bonchev–Trinajstić information content (AvgIpc) is 3.10. The van der Waals surface area contributed by atoms with Gasteiger partial charge in [-0.25, -0.2) is 0 Å². The summed E-state index contributed by atoms with van der Waals surface area (Å²) in [6, 6.07) is -0.820. The van der Waals surface area contributed by atoms with E-state index in [0.29, 0.717) is 12.8 Å². The summed E-state index contributed by atoms with van der Waals surface area (Å²) in [5.41, 5.74) is 0. The number of nitrogens with one attached hydrogen (secondary N) is 1. The second-order valence-corrected chi connectivity index (χ2v) is 15.3. The molecule has 292 valence electrons. The minimum Gasteiger partial charge on any atom is -0.394 e. The third-order valence-corrected chi connectivity index (χ3v) is 10.4. The summed E-state index contributed by atoms with van der Waals surface area (Å²) in [6.45, 7) is 4.18. The third-order valence-electron chi connectivity index (χ3n) is 10.4. The first-order valence-corrected chi connectivity index (χ1v) is 22.0. The quantitative estimate of drug-likeness (QED) is 0.0380. The van der Waals surface area contributed by atoms with Crippen LogP contribution >= 0.6 is 0 Å². The number of carbonyl (C=O) groups is 1. The highest BCUT2D eigenvalue weighted by atomic mass is 16.3. The Morgan fingerprint density at radius 1 is 0.490 bits per heavy atom. The molecule has 49 heavy (non-hydrogen) atoms. The lowest BCUT2D eigenvalue weighted by Crippen LogP contribution is -2.50. The van der Waals surface area contributed by atoms with E-state index in [9.17, 15) is 20.1 Å². The lowest BCUT2D eigenvalue weighted by molar-refractivity contribution is -0.124. The number of aliphatic hydroxyl groups excluding tert-OH is 3. The molecule has 0 radical (unpaired) electrons. The van der Waals surface area contributed by atoms with Crippen LogP contribution in [0, 0.1) is 0 Å². The van der Waals surface area contributed by atoms with Crippen molar-refractivity contribution in [3.05, 3.63) is 12.2 Å². The fourth-order valence-electron chi connectivity index (χ4n) is 6.93. The first-order valence-electron chi connectivity index (χ1n) is 22.0. The normalized spacial score (nSPS) is 13.7. The topological polar surface area (TPSA) is 89.8 Å². The zero-order valence-corrected chi connectivity index (χ0v) is 33.1. The molecule has 5 nitrogen and oxygen atoms in total. The van der Waals surface area contributed by atoms with Crippen LogP contribution < -0.4 is 5.32 Å². The highest BCUT2D eigenvalue weighted by Crippen LogP contribution is 2.16. The lowest BCUT2D eigenvalue weighted by atomic mass is 10.0. The molecule has 0 saturated carbocycles. The van der Waals surface area contributed by atoms with Gasteiger partial charge < -0.3 is 20.6 Å². The summed E-state index contributed by atoms with van der Waals surface area (Å²) in [5, 5.41) is 33.5. The Bertz CT molecular complexity index is 684. The van der Waals surface area contributed by atoms with Crippen LogP contribution in [0.15, 0.2) is 12.2 Å². The molecule has 0 fully saturated rings. The number of carbonyl (C=O) groups excluding carboxylic acids is 1. The van der Waals surface area contributed by atoms with Crippen LogP contribution in [0.1, 0.15) is 239 Å². The molecule has 0 rings (SSSR count). The maximum Gasteiger partial charge on any atom is 0.220 e. The van der Waals surface area contributed by atoms with E-state index < -0.39 is 18.2 Å². The van der Waals surface area contributed by atoms with Crippen molar-refractivity contribution in [1.82, 2.24) is 5.32 Å². The van der Waals surface area contributed by atoms with E-state index in [1.165, 1.54) is 173 Å². The van der Waals surface area contributed by atoms with E-state index in [1.54, 1.807) is 0 Å². The second-order valence-electron chi connectivity index (χ2n) is 15.3. The predicted octanol–water partition coefficient (Wildman–Crippen LogP) is 12.4. The van der Waals surface area contributed by atoms with Gasteiger partial charge in [0.2, 0.25) is 5.91 Å². The number of hydrogen-bond donors (Lipinski definition) is 4. The predicted molar refractivity (Wildman–Crippen MR) is 213 cm³/mol. The van der Waals surface area contributed by atoms with Crippen molar-refractivity contribution >= 4 is 5.91 Å². The van der Waals surface area contributed by atoms with Crippen LogP contribution in [0.5, 0.6) is 0 Å². The van der Waals surface area contributed by atoms with Crippen LogP contribution in [0.2, 0.25) is 0 Å². The highest BCUT2D eigenvalue weighted by molar-refractivity contribution is 5.76. The molecule has 4 N–H and O–H groups in total. The molecule has 0 aliphatic heterocycles. The first kappa shape index (κ1) is 48.1. The molecule has 3 atom stereocenters. The van der Waals surface area contributed by atoms with E-state index in [4.69, 9.17) is 0 Å². The maximum absolute atomic E-state index is 12.4. The summed E-state index contributed by atoms with van der Waals surface area (Å²) in [4.78, 5) is 12.4. The number of aliphatic hydroxyl groups is 3. The average molecular weight is 694 g/mol. The van der Waals surface area contributed by atoms with E-state index in [1.807, 2.05) is 0 Å². The first-order chi connectivity index (χ1) is 24.1. The van der Waals surface area contributed by atoms with Crippen molar-refractivity contribution < 1.29 is 20.1 Å². The highest BCUT2D eigenvalue weighted by Gasteiger charge is 2.26. The van der Waals surface area contributed by atoms with Crippen molar-refractivity contribution in [2.24, 2.45) is 0 Å². The fraction of sp³-hybridized carbons (Fsp3) is 0.932. The molecule has 0 heterocycles. The summed E-state index contributed by atoms with van der Waals surface area (Å²) in [6.07, 6.45) is 46.1. The van der Waals surface area contributed by atoms with Gasteiger partial charge in [-0.15, -0.1) is 0 Å². The monoisotopic (exact) mass is 694 g/mol. The number of amides is 1. The summed E-state index contributed by atoms with van der Waals surface area (Å²) >= 11 is 0. The van der Waals surface area contributed by atoms with Crippen LogP contribution in [0.4, 0.5) is 0 Å². The Morgan fingerprint density at radius 3 is 1.18 bits per heavy atom. The molecule has 3 unspecified atom stereocenters. The molecule has 0 aliphatic carbocycles. The number of allylic oxidation sites excluding steroid dienone is 2. The van der Waals surface area contributed by atoms with E-state index in [-0.39, 0.29) is 12.5 Å². The maximum atomic E-state index is 12.4. The van der Waals surface area contributed by atoms with Crippen LogP contribution in [0.3, 0.4) is 0 Å². The molecule has 0 spiro atoms. The molecular weight excluding hydrogens is 606 g/mol. The van der Waals surface area contributed by atoms with Gasteiger partial charge in [-0.05, 0) is 38.5 Å². The van der Waals surface area contributed by atoms with Gasteiger partial charge in [0.05, 0.1) is 18.8 Å². The Morgan fingerprint density at radius 2 is 0.816 bits per heavy atom. The summed E-state index contributed by atoms with van der Waals surface area (Å²) < 4.78 is 0. The van der Waals surface area contributed by atoms with Crippen molar-refractivity contribution in [2.75, 3.05) is 6.61 Å². The molecular formula is C44H87NO4. The molecule has 0 aromatic rings. The lowest BCUT2D eigenvalue weighted by Gasteiger charge is -2.26. The fourth-order valence-corrected chi connectivity index (χ4v) is 6.93. The molecule has 1 amide bonds. The van der Waals surface area contributed by atoms with E-state index >= 15 is 0 Å². The van der Waals surface area contributed by atoms with Gasteiger partial charge in [0.1, 0.15) is 6.10 Å². The molecule has 5 heteroatoms. The minimum absolute atomic E-state index is 0.150. The van der Waals surface area contributed by atoms with Crippen molar-refractivity contribution in [2.45, 2.75) is 257 Å². The largest absolute Gasteiger partial charge is 0.394 e. The van der Waals surface area contributed by atoms with Crippen LogP contribution in [-0.2, 0) is 4.79 Å². The smallest absolute Gasteiger partial charge is 0.220 e. The second kappa shape index (κ2) is 39.9. The third kappa shape index (κ3) is 35.3. The number of rotatable bonds is 40. The van der Waals surface area contributed by atoms with Crippen LogP contribution in [0.25, 0.3) is 0 Å². The van der Waals surface area contributed by atoms with Gasteiger partial charge in [-0.2, -0.15) is 0 Å². The Balaban J connectivity index is 3.62. The molecule has 0 bridgehead atoms. The zero-order valence-electron chi connectivity index (χ0n) is 33.1. The summed E-state index contributed by atoms with van der Waals surface area (Å²) in [5.74, 6) is -0.150. The Labute approximate surface area is 306 Å². The van der Waals surface area contributed by atoms with Gasteiger partial charge in [0.15, 0.2) is 0 Å².